The summed E-state index contributed by atoms with van der Waals surface area (Å²) < 4.78 is 10.4. The number of nitrogens with one attached hydrogen (secondary N) is 2. The minimum Gasteiger partial charge on any atom is -0.465 e. The highest BCUT2D eigenvalue weighted by Gasteiger charge is 2.18. The van der Waals surface area contributed by atoms with E-state index in [1.54, 1.807) is 18.2 Å². The van der Waals surface area contributed by atoms with Gasteiger partial charge in [-0.2, -0.15) is 0 Å². The fraction of sp³-hybridized carbons (Fsp3) is 0.393. The molecule has 37 heavy (non-hydrogen) atoms. The van der Waals surface area contributed by atoms with Gasteiger partial charge in [-0.1, -0.05) is 23.8 Å². The predicted molar refractivity (Wildman–Crippen MR) is 150 cm³/mol. The molecule has 2 aromatic carbocycles. The van der Waals surface area contributed by atoms with Crippen molar-refractivity contribution in [1.29, 1.82) is 0 Å². The number of methoxy groups -OCH3 is 1. The number of nitrogens with zero attached hydrogens (tertiary/aromatic N) is 2. The number of para-hydroxylation sites is 1. The number of thiocarbonyl (C=S) groups is 1. The van der Waals surface area contributed by atoms with Gasteiger partial charge in [0.25, 0.3) is 5.56 Å². The highest BCUT2D eigenvalue weighted by atomic mass is 32.1. The molecule has 0 amide bonds. The van der Waals surface area contributed by atoms with E-state index in [0.29, 0.717) is 35.0 Å². The summed E-state index contributed by atoms with van der Waals surface area (Å²) in [6, 6.07) is 13.2. The molecule has 2 N–H and O–H groups in total. The Morgan fingerprint density at radius 1 is 1.19 bits per heavy atom. The van der Waals surface area contributed by atoms with Gasteiger partial charge >= 0.3 is 5.97 Å². The zero-order valence-electron chi connectivity index (χ0n) is 21.6. The van der Waals surface area contributed by atoms with Crippen molar-refractivity contribution in [3.8, 4) is 0 Å². The Morgan fingerprint density at radius 2 is 1.95 bits per heavy atom. The van der Waals surface area contributed by atoms with Gasteiger partial charge in [0, 0.05) is 31.7 Å². The van der Waals surface area contributed by atoms with Crippen molar-refractivity contribution in [2.24, 2.45) is 0 Å². The summed E-state index contributed by atoms with van der Waals surface area (Å²) in [7, 11) is 1.35. The molecule has 0 saturated carbocycles. The molecule has 1 saturated heterocycles. The lowest BCUT2D eigenvalue weighted by Gasteiger charge is -2.29. The second kappa shape index (κ2) is 12.3. The zero-order chi connectivity index (χ0) is 26.4. The van der Waals surface area contributed by atoms with Crippen LogP contribution in [0.5, 0.6) is 0 Å². The van der Waals surface area contributed by atoms with E-state index in [1.807, 2.05) is 30.9 Å². The molecule has 0 unspecified atom stereocenters. The lowest BCUT2D eigenvalue weighted by molar-refractivity contribution is 0.0367. The number of morpholine rings is 1. The van der Waals surface area contributed by atoms with Crippen LogP contribution in [0.15, 0.2) is 47.3 Å². The molecule has 8 nitrogen and oxygen atoms in total. The summed E-state index contributed by atoms with van der Waals surface area (Å²) >= 11 is 5.81. The highest BCUT2D eigenvalue weighted by molar-refractivity contribution is 7.80. The molecule has 1 aliphatic heterocycles. The second-order valence-electron chi connectivity index (χ2n) is 9.37. The van der Waals surface area contributed by atoms with Crippen molar-refractivity contribution < 1.29 is 14.3 Å². The quantitative estimate of drug-likeness (QED) is 0.341. The fourth-order valence-electron chi connectivity index (χ4n) is 4.69. The van der Waals surface area contributed by atoms with Crippen molar-refractivity contribution >= 4 is 39.9 Å². The fourth-order valence-corrected chi connectivity index (χ4v) is 4.96. The molecule has 1 aliphatic rings. The van der Waals surface area contributed by atoms with Gasteiger partial charge in [-0.25, -0.2) is 4.79 Å². The average molecular weight is 523 g/mol. The molecule has 3 aromatic rings. The summed E-state index contributed by atoms with van der Waals surface area (Å²) in [6.45, 7) is 9.28. The smallest absolute Gasteiger partial charge is 0.339 e. The number of benzene rings is 2. The summed E-state index contributed by atoms with van der Waals surface area (Å²) in [6.07, 6.45) is 0.865. The van der Waals surface area contributed by atoms with Gasteiger partial charge in [-0.05, 0) is 67.7 Å². The number of rotatable bonds is 8. The summed E-state index contributed by atoms with van der Waals surface area (Å²) in [5, 5.41) is 4.66. The first-order chi connectivity index (χ1) is 17.9. The number of aryl methyl sites for hydroxylation is 2. The predicted octanol–water partition coefficient (Wildman–Crippen LogP) is 3.85. The number of carbonyl (C=O) groups is 1. The Kier molecular flexibility index (Phi) is 8.91. The van der Waals surface area contributed by atoms with Crippen LogP contribution in [0, 0.1) is 13.8 Å². The number of aromatic amines is 1. The summed E-state index contributed by atoms with van der Waals surface area (Å²) in [5.41, 5.74) is 4.50. The van der Waals surface area contributed by atoms with Gasteiger partial charge < -0.3 is 24.7 Å². The van der Waals surface area contributed by atoms with E-state index in [1.165, 1.54) is 7.11 Å². The van der Waals surface area contributed by atoms with E-state index in [4.69, 9.17) is 21.7 Å². The first kappa shape index (κ1) is 26.8. The minimum atomic E-state index is -0.443. The van der Waals surface area contributed by atoms with Crippen LogP contribution >= 0.6 is 12.2 Å². The monoisotopic (exact) mass is 522 g/mol. The van der Waals surface area contributed by atoms with Crippen LogP contribution in [-0.2, 0) is 16.0 Å². The van der Waals surface area contributed by atoms with Crippen LogP contribution in [0.25, 0.3) is 10.9 Å². The number of anilines is 1. The van der Waals surface area contributed by atoms with E-state index in [-0.39, 0.29) is 5.56 Å². The molecular formula is C28H34N4O4S. The first-order valence-electron chi connectivity index (χ1n) is 12.5. The maximum atomic E-state index is 13.1. The van der Waals surface area contributed by atoms with Crippen molar-refractivity contribution in [3.05, 3.63) is 75.1 Å². The van der Waals surface area contributed by atoms with Gasteiger partial charge in [0.2, 0.25) is 0 Å². The Hall–Kier alpha value is -3.27. The van der Waals surface area contributed by atoms with Crippen LogP contribution in [0.4, 0.5) is 5.69 Å². The van der Waals surface area contributed by atoms with E-state index in [9.17, 15) is 9.59 Å². The van der Waals surface area contributed by atoms with E-state index in [2.05, 4.69) is 27.3 Å². The summed E-state index contributed by atoms with van der Waals surface area (Å²) in [5.74, 6) is -0.443. The molecule has 1 fully saturated rings. The van der Waals surface area contributed by atoms with Crippen LogP contribution in [0.1, 0.15) is 33.5 Å². The average Bonchev–Trinajstić information content (AvgIpc) is 2.89. The molecule has 0 bridgehead atoms. The van der Waals surface area contributed by atoms with Gasteiger partial charge in [0.05, 0.1) is 43.6 Å². The van der Waals surface area contributed by atoms with Gasteiger partial charge in [0.15, 0.2) is 5.11 Å². The Bertz CT molecular complexity index is 1330. The van der Waals surface area contributed by atoms with Crippen LogP contribution in [-0.4, -0.2) is 72.4 Å². The third-order valence-corrected chi connectivity index (χ3v) is 6.96. The van der Waals surface area contributed by atoms with Crippen molar-refractivity contribution in [1.82, 2.24) is 14.8 Å². The molecule has 1 aromatic heterocycles. The number of hydrogen-bond acceptors (Lipinski definition) is 6. The second-order valence-corrected chi connectivity index (χ2v) is 9.75. The number of H-pyrrole nitrogens is 1. The number of esters is 1. The third-order valence-electron chi connectivity index (χ3n) is 6.60. The van der Waals surface area contributed by atoms with Gasteiger partial charge in [-0.15, -0.1) is 0 Å². The topological polar surface area (TPSA) is 86.9 Å². The maximum absolute atomic E-state index is 13.1. The van der Waals surface area contributed by atoms with Crippen LogP contribution in [0.2, 0.25) is 0 Å². The number of carbonyl (C=O) groups excluding carboxylic acids is 1. The standard InChI is InChI=1S/C28H34N4O4S/c1-19-15-20(2)25-21(16-19)17-22(26(33)30-25)18-32(10-6-9-31-11-13-36-14-12-31)28(37)29-24-8-5-4-7-23(24)27(34)35-3/h4-5,7-8,15-17H,6,9-14,18H2,1-3H3,(H,29,37)(H,30,33). The zero-order valence-corrected chi connectivity index (χ0v) is 22.5. The first-order valence-corrected chi connectivity index (χ1v) is 12.9. The lowest BCUT2D eigenvalue weighted by atomic mass is 10.1. The number of pyridine rings is 1. The third kappa shape index (κ3) is 6.74. The Morgan fingerprint density at radius 3 is 2.70 bits per heavy atom. The van der Waals surface area contributed by atoms with Crippen LogP contribution < -0.4 is 10.9 Å². The number of aromatic nitrogens is 1. The molecule has 0 aliphatic carbocycles. The normalized spacial score (nSPS) is 13.9. The number of fused-ring (bicyclic) bond motifs is 1. The molecule has 0 atom stereocenters. The van der Waals surface area contributed by atoms with E-state index >= 15 is 0 Å². The molecule has 0 spiro atoms. The van der Waals surface area contributed by atoms with Crippen molar-refractivity contribution in [3.63, 3.8) is 0 Å². The molecule has 0 radical (unpaired) electrons. The summed E-state index contributed by atoms with van der Waals surface area (Å²) in [4.78, 5) is 32.7. The molecule has 2 heterocycles. The Balaban J connectivity index is 1.58. The van der Waals surface area contributed by atoms with Gasteiger partial charge in [0.1, 0.15) is 0 Å². The molecule has 9 heteroatoms. The molecule has 196 valence electrons. The van der Waals surface area contributed by atoms with E-state index in [0.717, 1.165) is 61.3 Å². The number of hydrogen-bond donors (Lipinski definition) is 2. The highest BCUT2D eigenvalue weighted by Crippen LogP contribution is 2.20. The molecule has 4 rings (SSSR count). The van der Waals surface area contributed by atoms with Crippen molar-refractivity contribution in [2.75, 3.05) is 51.8 Å². The lowest BCUT2D eigenvalue weighted by Crippen LogP contribution is -2.40. The largest absolute Gasteiger partial charge is 0.465 e. The van der Waals surface area contributed by atoms with E-state index < -0.39 is 5.97 Å². The van der Waals surface area contributed by atoms with Crippen molar-refractivity contribution in [2.45, 2.75) is 26.8 Å². The number of ether oxygens (including phenoxy) is 2. The Labute approximate surface area is 222 Å². The minimum absolute atomic E-state index is 0.129. The van der Waals surface area contributed by atoms with Gasteiger partial charge in [-0.3, -0.25) is 9.69 Å². The molecular weight excluding hydrogens is 488 g/mol. The SMILES string of the molecule is COC(=O)c1ccccc1NC(=S)N(CCCN1CCOCC1)Cc1cc2cc(C)cc(C)c2[nH]c1=O. The van der Waals surface area contributed by atoms with Crippen LogP contribution in [0.3, 0.4) is 0 Å². The maximum Gasteiger partial charge on any atom is 0.339 e.